The van der Waals surface area contributed by atoms with Crippen molar-refractivity contribution in [2.45, 2.75) is 32.9 Å². The summed E-state index contributed by atoms with van der Waals surface area (Å²) in [6.45, 7) is 5.68. The molecular weight excluding hydrogens is 218 g/mol. The molecule has 6 nitrogen and oxygen atoms in total. The minimum Gasteiger partial charge on any atom is -0.312 e. The average Bonchev–Trinajstić information content (AvgIpc) is 2.64. The van der Waals surface area contributed by atoms with Crippen LogP contribution in [0.2, 0.25) is 0 Å². The lowest BCUT2D eigenvalue weighted by Gasteiger charge is -2.11. The molecule has 0 bridgehead atoms. The molecule has 2 heterocycles. The first kappa shape index (κ1) is 11.8. The van der Waals surface area contributed by atoms with Crippen molar-refractivity contribution in [3.05, 3.63) is 29.1 Å². The van der Waals surface area contributed by atoms with E-state index in [4.69, 9.17) is 0 Å². The van der Waals surface area contributed by atoms with Gasteiger partial charge in [-0.2, -0.15) is 0 Å². The van der Waals surface area contributed by atoms with Crippen LogP contribution in [0.4, 0.5) is 0 Å². The Kier molecular flexibility index (Phi) is 3.53. The van der Waals surface area contributed by atoms with Crippen LogP contribution in [-0.4, -0.2) is 31.8 Å². The Hall–Kier alpha value is -1.69. The zero-order chi connectivity index (χ0) is 12.3. The van der Waals surface area contributed by atoms with Gasteiger partial charge in [0.2, 0.25) is 0 Å². The van der Waals surface area contributed by atoms with E-state index in [0.29, 0.717) is 12.2 Å². The number of rotatable bonds is 5. The van der Waals surface area contributed by atoms with Gasteiger partial charge in [0.25, 0.3) is 0 Å². The highest BCUT2D eigenvalue weighted by Gasteiger charge is 2.09. The van der Waals surface area contributed by atoms with Gasteiger partial charge in [-0.1, -0.05) is 6.92 Å². The lowest BCUT2D eigenvalue weighted by atomic mass is 10.3. The predicted molar refractivity (Wildman–Crippen MR) is 65.0 cm³/mol. The second-order valence-corrected chi connectivity index (χ2v) is 4.12. The van der Waals surface area contributed by atoms with E-state index >= 15 is 0 Å². The molecule has 0 aliphatic carbocycles. The van der Waals surface area contributed by atoms with E-state index in [-0.39, 0.29) is 11.7 Å². The van der Waals surface area contributed by atoms with Crippen molar-refractivity contribution in [2.24, 2.45) is 0 Å². The maximum atomic E-state index is 11.9. The predicted octanol–water partition coefficient (Wildman–Crippen LogP) is 0.279. The summed E-state index contributed by atoms with van der Waals surface area (Å²) in [7, 11) is 0. The van der Waals surface area contributed by atoms with E-state index in [1.807, 2.05) is 6.92 Å². The van der Waals surface area contributed by atoms with Crippen molar-refractivity contribution >= 4 is 5.65 Å². The average molecular weight is 235 g/mol. The van der Waals surface area contributed by atoms with Crippen LogP contribution in [0.25, 0.3) is 5.65 Å². The van der Waals surface area contributed by atoms with E-state index in [1.165, 1.54) is 9.08 Å². The van der Waals surface area contributed by atoms with Crippen molar-refractivity contribution < 1.29 is 0 Å². The van der Waals surface area contributed by atoms with Crippen LogP contribution in [0.3, 0.4) is 0 Å². The normalized spacial score (nSPS) is 13.1. The Bertz CT molecular complexity index is 544. The van der Waals surface area contributed by atoms with Gasteiger partial charge in [0.05, 0.1) is 12.7 Å². The molecule has 0 saturated heterocycles. The number of hydrogen-bond acceptors (Lipinski definition) is 4. The topological polar surface area (TPSA) is 64.2 Å². The van der Waals surface area contributed by atoms with Gasteiger partial charge in [0.15, 0.2) is 5.65 Å². The monoisotopic (exact) mass is 235 g/mol. The minimum atomic E-state index is -0.118. The fraction of sp³-hybridized carbons (Fsp3) is 0.545. The quantitative estimate of drug-likeness (QED) is 0.808. The molecule has 17 heavy (non-hydrogen) atoms. The fourth-order valence-corrected chi connectivity index (χ4v) is 1.71. The van der Waals surface area contributed by atoms with E-state index in [1.54, 1.807) is 18.6 Å². The minimum absolute atomic E-state index is 0.118. The molecule has 1 unspecified atom stereocenters. The Labute approximate surface area is 99.3 Å². The second kappa shape index (κ2) is 5.09. The molecule has 0 radical (unpaired) electrons. The molecule has 92 valence electrons. The van der Waals surface area contributed by atoms with Crippen molar-refractivity contribution in [1.29, 1.82) is 0 Å². The first-order valence-corrected chi connectivity index (χ1v) is 5.85. The van der Waals surface area contributed by atoms with Crippen LogP contribution in [0, 0.1) is 0 Å². The van der Waals surface area contributed by atoms with Gasteiger partial charge in [0.1, 0.15) is 0 Å². The van der Waals surface area contributed by atoms with Crippen molar-refractivity contribution in [1.82, 2.24) is 24.5 Å². The Balaban J connectivity index is 2.19. The highest BCUT2D eigenvalue weighted by molar-refractivity contribution is 5.31. The maximum Gasteiger partial charge on any atom is 0.350 e. The molecule has 2 aromatic rings. The number of aromatic nitrogens is 4. The molecule has 0 amide bonds. The largest absolute Gasteiger partial charge is 0.350 e. The molecule has 6 heteroatoms. The van der Waals surface area contributed by atoms with Gasteiger partial charge >= 0.3 is 5.69 Å². The zero-order valence-electron chi connectivity index (χ0n) is 10.1. The van der Waals surface area contributed by atoms with Crippen LogP contribution < -0.4 is 11.0 Å². The number of fused-ring (bicyclic) bond motifs is 1. The Morgan fingerprint density at radius 2 is 2.35 bits per heavy atom. The number of nitrogens with zero attached hydrogens (tertiary/aromatic N) is 4. The molecule has 0 saturated carbocycles. The van der Waals surface area contributed by atoms with E-state index in [0.717, 1.165) is 13.0 Å². The molecular formula is C11H17N5O. The van der Waals surface area contributed by atoms with Crippen LogP contribution in [0.1, 0.15) is 20.3 Å². The van der Waals surface area contributed by atoms with Gasteiger partial charge in [-0.3, -0.25) is 4.98 Å². The molecule has 0 aromatic carbocycles. The highest BCUT2D eigenvalue weighted by Crippen LogP contribution is 1.94. The van der Waals surface area contributed by atoms with Crippen LogP contribution in [-0.2, 0) is 6.54 Å². The standard InChI is InChI=1S/C11H17N5O/c1-3-4-13-9(2)8-16-11(17)15-6-5-12-7-10(15)14-16/h5-7,9,13H,3-4,8H2,1-2H3. The van der Waals surface area contributed by atoms with Gasteiger partial charge in [-0.15, -0.1) is 5.10 Å². The van der Waals surface area contributed by atoms with E-state index in [9.17, 15) is 4.79 Å². The zero-order valence-corrected chi connectivity index (χ0v) is 10.1. The smallest absolute Gasteiger partial charge is 0.312 e. The Morgan fingerprint density at radius 1 is 1.53 bits per heavy atom. The highest BCUT2D eigenvalue weighted by atomic mass is 16.2. The lowest BCUT2D eigenvalue weighted by Crippen LogP contribution is -2.35. The molecule has 0 spiro atoms. The first-order valence-electron chi connectivity index (χ1n) is 5.85. The van der Waals surface area contributed by atoms with E-state index in [2.05, 4.69) is 22.3 Å². The maximum absolute atomic E-state index is 11.9. The summed E-state index contributed by atoms with van der Waals surface area (Å²) in [4.78, 5) is 15.9. The summed E-state index contributed by atoms with van der Waals surface area (Å²) < 4.78 is 2.98. The summed E-state index contributed by atoms with van der Waals surface area (Å²) in [5.41, 5.74) is 0.465. The molecule has 1 atom stereocenters. The van der Waals surface area contributed by atoms with Crippen molar-refractivity contribution in [3.63, 3.8) is 0 Å². The lowest BCUT2D eigenvalue weighted by molar-refractivity contribution is 0.444. The number of nitrogens with one attached hydrogen (secondary N) is 1. The summed E-state index contributed by atoms with van der Waals surface area (Å²) >= 11 is 0. The summed E-state index contributed by atoms with van der Waals surface area (Å²) in [5, 5.41) is 7.55. The summed E-state index contributed by atoms with van der Waals surface area (Å²) in [6, 6.07) is 0.227. The van der Waals surface area contributed by atoms with Crippen molar-refractivity contribution in [3.8, 4) is 0 Å². The van der Waals surface area contributed by atoms with Crippen LogP contribution >= 0.6 is 0 Å². The fourth-order valence-electron chi connectivity index (χ4n) is 1.71. The number of hydrogen-bond donors (Lipinski definition) is 1. The second-order valence-electron chi connectivity index (χ2n) is 4.12. The van der Waals surface area contributed by atoms with Gasteiger partial charge in [-0.05, 0) is 19.9 Å². The van der Waals surface area contributed by atoms with Crippen molar-refractivity contribution in [2.75, 3.05) is 6.54 Å². The molecule has 2 rings (SSSR count). The Morgan fingerprint density at radius 3 is 3.06 bits per heavy atom. The molecule has 1 N–H and O–H groups in total. The molecule has 0 aliphatic heterocycles. The van der Waals surface area contributed by atoms with E-state index < -0.39 is 0 Å². The third-order valence-electron chi connectivity index (χ3n) is 2.58. The third-order valence-corrected chi connectivity index (χ3v) is 2.58. The van der Waals surface area contributed by atoms with Gasteiger partial charge in [-0.25, -0.2) is 13.9 Å². The van der Waals surface area contributed by atoms with Crippen LogP contribution in [0.5, 0.6) is 0 Å². The summed E-state index contributed by atoms with van der Waals surface area (Å²) in [6.07, 6.45) is 5.88. The van der Waals surface area contributed by atoms with Gasteiger partial charge < -0.3 is 5.32 Å². The molecule has 2 aromatic heterocycles. The molecule has 0 aliphatic rings. The SMILES string of the molecule is CCCNC(C)Cn1nc2cnccn2c1=O. The summed E-state index contributed by atoms with van der Waals surface area (Å²) in [5.74, 6) is 0. The third kappa shape index (κ3) is 2.52. The van der Waals surface area contributed by atoms with Gasteiger partial charge in [0, 0.05) is 18.4 Å². The first-order chi connectivity index (χ1) is 8.22. The molecule has 0 fully saturated rings. The van der Waals surface area contributed by atoms with Crippen LogP contribution in [0.15, 0.2) is 23.4 Å².